The van der Waals surface area contributed by atoms with Gasteiger partial charge in [0.25, 0.3) is 5.89 Å². The number of nitrogens with zero attached hydrogens (tertiary/aromatic N) is 3. The van der Waals surface area contributed by atoms with Crippen molar-refractivity contribution in [1.29, 1.82) is 0 Å². The minimum Gasteiger partial charge on any atom is -0.418 e. The maximum Gasteiger partial charge on any atom is 0.286 e. The molecular weight excluding hydrogens is 419 g/mol. The third-order valence-corrected chi connectivity index (χ3v) is 6.07. The lowest BCUT2D eigenvalue weighted by atomic mass is 9.95. The van der Waals surface area contributed by atoms with Crippen LogP contribution < -0.4 is 5.32 Å². The Balaban J connectivity index is 1.60. The van der Waals surface area contributed by atoms with Crippen LogP contribution in [0.5, 0.6) is 0 Å². The molecule has 2 aromatic rings. The van der Waals surface area contributed by atoms with Gasteiger partial charge in [-0.2, -0.15) is 0 Å². The third-order valence-electron chi connectivity index (χ3n) is 5.06. The van der Waals surface area contributed by atoms with E-state index in [0.717, 1.165) is 5.56 Å². The van der Waals surface area contributed by atoms with E-state index in [-0.39, 0.29) is 40.9 Å². The monoisotopic (exact) mass is 448 g/mol. The minimum atomic E-state index is -0.618. The molecule has 7 nitrogen and oxygen atoms in total. The van der Waals surface area contributed by atoms with Crippen molar-refractivity contribution in [3.63, 3.8) is 0 Å². The molecule has 1 aliphatic rings. The van der Waals surface area contributed by atoms with E-state index in [4.69, 9.17) is 4.42 Å². The number of rotatable bonds is 7. The molecule has 1 aliphatic heterocycles. The van der Waals surface area contributed by atoms with Crippen molar-refractivity contribution >= 4 is 23.5 Å². The Morgan fingerprint density at radius 2 is 1.87 bits per heavy atom. The average Bonchev–Trinajstić information content (AvgIpc) is 3.37. The van der Waals surface area contributed by atoms with E-state index in [1.54, 1.807) is 17.0 Å². The van der Waals surface area contributed by atoms with E-state index in [1.165, 1.54) is 23.9 Å². The van der Waals surface area contributed by atoms with Gasteiger partial charge in [-0.1, -0.05) is 32.9 Å². The molecule has 0 aliphatic carbocycles. The van der Waals surface area contributed by atoms with Crippen LogP contribution in [0.1, 0.15) is 56.8 Å². The molecule has 1 saturated heterocycles. The normalized spacial score (nSPS) is 17.2. The number of hydrogen-bond acceptors (Lipinski definition) is 7. The van der Waals surface area contributed by atoms with Crippen LogP contribution >= 0.6 is 11.8 Å². The lowest BCUT2D eigenvalue weighted by molar-refractivity contribution is -0.130. The molecule has 0 saturated carbocycles. The first-order valence-corrected chi connectivity index (χ1v) is 11.4. The van der Waals surface area contributed by atoms with E-state index >= 15 is 0 Å². The molecule has 31 heavy (non-hydrogen) atoms. The third kappa shape index (κ3) is 5.92. The molecule has 3 rings (SSSR count). The van der Waals surface area contributed by atoms with E-state index in [2.05, 4.69) is 15.5 Å². The largest absolute Gasteiger partial charge is 0.418 e. The number of carbonyl (C=O) groups excluding carboxylic acids is 2. The fourth-order valence-corrected chi connectivity index (χ4v) is 4.45. The van der Waals surface area contributed by atoms with E-state index in [1.807, 2.05) is 34.6 Å². The molecule has 9 heteroatoms. The van der Waals surface area contributed by atoms with Gasteiger partial charge in [0.05, 0.1) is 12.4 Å². The summed E-state index contributed by atoms with van der Waals surface area (Å²) in [6.07, 6.45) is 0.634. The summed E-state index contributed by atoms with van der Waals surface area (Å²) in [4.78, 5) is 27.4. The van der Waals surface area contributed by atoms with Gasteiger partial charge >= 0.3 is 0 Å². The minimum absolute atomic E-state index is 0.0557. The van der Waals surface area contributed by atoms with Gasteiger partial charge in [-0.25, -0.2) is 4.39 Å². The molecule has 0 radical (unpaired) electrons. The molecule has 1 aromatic heterocycles. The van der Waals surface area contributed by atoms with Gasteiger partial charge in [-0.3, -0.25) is 9.59 Å². The van der Waals surface area contributed by atoms with Gasteiger partial charge in [0.2, 0.25) is 17.6 Å². The summed E-state index contributed by atoms with van der Waals surface area (Å²) in [6.45, 7) is 9.84. The molecule has 2 heterocycles. The van der Waals surface area contributed by atoms with Gasteiger partial charge in [-0.05, 0) is 38.0 Å². The van der Waals surface area contributed by atoms with Crippen LogP contribution in [-0.4, -0.2) is 56.5 Å². The highest BCUT2D eigenvalue weighted by Crippen LogP contribution is 2.26. The molecule has 0 bridgehead atoms. The highest BCUT2D eigenvalue weighted by atomic mass is 32.2. The Kier molecular flexibility index (Phi) is 6.85. The van der Waals surface area contributed by atoms with Crippen LogP contribution in [0.3, 0.4) is 0 Å². The van der Waals surface area contributed by atoms with Crippen LogP contribution in [0.4, 0.5) is 4.39 Å². The molecule has 0 spiro atoms. The number of halogens is 1. The predicted octanol–water partition coefficient (Wildman–Crippen LogP) is 3.20. The van der Waals surface area contributed by atoms with Crippen LogP contribution in [0, 0.1) is 5.82 Å². The zero-order valence-corrected chi connectivity index (χ0v) is 19.4. The standard InChI is InChI=1S/C22H29FN4O3S/c1-21(2,3)20-26-25-19(30-20)18(29)16-12-31-13-27(16)17(28)11-24-22(4,5)10-14-6-8-15(23)9-7-14/h6-9,16,24H,10-13H2,1-5H3/t16-/m0/s1. The molecule has 1 atom stereocenters. The molecule has 1 N–H and O–H groups in total. The fraction of sp³-hybridized carbons (Fsp3) is 0.545. The van der Waals surface area contributed by atoms with Crippen molar-refractivity contribution in [2.75, 3.05) is 18.2 Å². The summed E-state index contributed by atoms with van der Waals surface area (Å²) in [7, 11) is 0. The number of hydrogen-bond donors (Lipinski definition) is 1. The number of aromatic nitrogens is 2. The maximum absolute atomic E-state index is 13.1. The molecule has 0 unspecified atom stereocenters. The Bertz CT molecular complexity index is 937. The summed E-state index contributed by atoms with van der Waals surface area (Å²) in [5, 5.41) is 11.1. The van der Waals surface area contributed by atoms with Gasteiger partial charge in [-0.15, -0.1) is 22.0 Å². The molecular formula is C22H29FN4O3S. The lowest BCUT2D eigenvalue weighted by Gasteiger charge is -2.28. The smallest absolute Gasteiger partial charge is 0.286 e. The lowest BCUT2D eigenvalue weighted by Crippen LogP contribution is -2.50. The second kappa shape index (κ2) is 9.08. The topological polar surface area (TPSA) is 88.3 Å². The number of ketones is 1. The van der Waals surface area contributed by atoms with Crippen molar-refractivity contribution in [2.24, 2.45) is 0 Å². The fourth-order valence-electron chi connectivity index (χ4n) is 3.27. The van der Waals surface area contributed by atoms with E-state index in [9.17, 15) is 14.0 Å². The Morgan fingerprint density at radius 1 is 1.19 bits per heavy atom. The van der Waals surface area contributed by atoms with Crippen LogP contribution in [0.25, 0.3) is 0 Å². The Morgan fingerprint density at radius 3 is 2.48 bits per heavy atom. The first-order valence-electron chi connectivity index (χ1n) is 10.2. The number of thioether (sulfide) groups is 1. The highest BCUT2D eigenvalue weighted by Gasteiger charge is 2.38. The second-order valence-electron chi connectivity index (χ2n) is 9.45. The van der Waals surface area contributed by atoms with Crippen molar-refractivity contribution in [3.8, 4) is 0 Å². The average molecular weight is 449 g/mol. The summed E-state index contributed by atoms with van der Waals surface area (Å²) in [5.74, 6) is 0.510. The van der Waals surface area contributed by atoms with Crippen LogP contribution in [0.2, 0.25) is 0 Å². The first-order chi connectivity index (χ1) is 14.5. The van der Waals surface area contributed by atoms with Gasteiger partial charge in [0.15, 0.2) is 0 Å². The van der Waals surface area contributed by atoms with Gasteiger partial charge in [0.1, 0.15) is 11.9 Å². The van der Waals surface area contributed by atoms with Crippen LogP contribution in [0.15, 0.2) is 28.7 Å². The van der Waals surface area contributed by atoms with Crippen molar-refractivity contribution in [2.45, 2.75) is 58.0 Å². The van der Waals surface area contributed by atoms with Crippen molar-refractivity contribution in [1.82, 2.24) is 20.4 Å². The van der Waals surface area contributed by atoms with Crippen LogP contribution in [-0.2, 0) is 16.6 Å². The predicted molar refractivity (Wildman–Crippen MR) is 117 cm³/mol. The van der Waals surface area contributed by atoms with Crippen molar-refractivity contribution in [3.05, 3.63) is 47.4 Å². The number of amides is 1. The van der Waals surface area contributed by atoms with Gasteiger partial charge in [0, 0.05) is 16.7 Å². The summed E-state index contributed by atoms with van der Waals surface area (Å²) >= 11 is 1.52. The second-order valence-corrected chi connectivity index (χ2v) is 10.4. The number of Topliss-reactive ketones (excluding diaryl/α,β-unsaturated/α-hetero) is 1. The van der Waals surface area contributed by atoms with Gasteiger partial charge < -0.3 is 14.6 Å². The SMILES string of the molecule is CC(C)(Cc1ccc(F)cc1)NCC(=O)N1CSC[C@H]1C(=O)c1nnc(C(C)(C)C)o1. The number of nitrogens with one attached hydrogen (secondary N) is 1. The zero-order valence-electron chi connectivity index (χ0n) is 18.6. The molecule has 1 aromatic carbocycles. The first kappa shape index (κ1) is 23.4. The molecule has 1 amide bonds. The summed E-state index contributed by atoms with van der Waals surface area (Å²) in [5.41, 5.74) is 0.238. The summed E-state index contributed by atoms with van der Waals surface area (Å²) < 4.78 is 18.7. The summed E-state index contributed by atoms with van der Waals surface area (Å²) in [6, 6.07) is 5.71. The number of carbonyl (C=O) groups is 2. The Hall–Kier alpha value is -2.26. The highest BCUT2D eigenvalue weighted by molar-refractivity contribution is 7.99. The van der Waals surface area contributed by atoms with Crippen molar-refractivity contribution < 1.29 is 18.4 Å². The zero-order chi connectivity index (χ0) is 22.8. The quantitative estimate of drug-likeness (QED) is 0.651. The van der Waals surface area contributed by atoms with E-state index in [0.29, 0.717) is 23.9 Å². The number of benzene rings is 1. The maximum atomic E-state index is 13.1. The molecule has 168 valence electrons. The molecule has 1 fully saturated rings. The van der Waals surface area contributed by atoms with E-state index < -0.39 is 6.04 Å². The Labute approximate surface area is 186 Å².